The van der Waals surface area contributed by atoms with Crippen molar-refractivity contribution in [2.24, 2.45) is 0 Å². The van der Waals surface area contributed by atoms with Crippen molar-refractivity contribution in [2.45, 2.75) is 6.92 Å². The van der Waals surface area contributed by atoms with Crippen LogP contribution in [-0.4, -0.2) is 59.1 Å². The highest BCUT2D eigenvalue weighted by atomic mass is 16.2. The minimum atomic E-state index is -0.374. The average molecular weight is 353 g/mol. The molecule has 1 aromatic carbocycles. The predicted molar refractivity (Wildman–Crippen MR) is 96.3 cm³/mol. The number of benzene rings is 1. The van der Waals surface area contributed by atoms with Gasteiger partial charge in [0.05, 0.1) is 0 Å². The monoisotopic (exact) mass is 353 g/mol. The van der Waals surface area contributed by atoms with E-state index in [0.29, 0.717) is 43.2 Å². The van der Waals surface area contributed by atoms with Crippen molar-refractivity contribution in [2.75, 3.05) is 36.4 Å². The largest absolute Gasteiger partial charge is 0.353 e. The lowest BCUT2D eigenvalue weighted by Crippen LogP contribution is -2.46. The second-order valence-electron chi connectivity index (χ2n) is 5.98. The molecule has 2 heterocycles. The summed E-state index contributed by atoms with van der Waals surface area (Å²) >= 11 is 0. The number of rotatable bonds is 5. The van der Waals surface area contributed by atoms with E-state index in [1.165, 1.54) is 13.3 Å². The fraction of sp³-hybridized carbons (Fsp3) is 0.278. The summed E-state index contributed by atoms with van der Waals surface area (Å²) in [6.45, 7) is 4.01. The van der Waals surface area contributed by atoms with Gasteiger partial charge in [-0.2, -0.15) is 0 Å². The topological polar surface area (TPSA) is 95.5 Å². The maximum atomic E-state index is 12.5. The molecule has 1 saturated heterocycles. The molecule has 26 heavy (non-hydrogen) atoms. The zero-order valence-electron chi connectivity index (χ0n) is 14.4. The van der Waals surface area contributed by atoms with Gasteiger partial charge in [-0.1, -0.05) is 12.1 Å². The summed E-state index contributed by atoms with van der Waals surface area (Å²) in [6, 6.07) is 8.37. The van der Waals surface area contributed by atoms with Crippen molar-refractivity contribution >= 4 is 29.6 Å². The van der Waals surface area contributed by atoms with E-state index in [2.05, 4.69) is 15.3 Å². The van der Waals surface area contributed by atoms with Gasteiger partial charge in [0.25, 0.3) is 5.91 Å². The average Bonchev–Trinajstić information content (AvgIpc) is 2.68. The van der Waals surface area contributed by atoms with Gasteiger partial charge in [0.2, 0.25) is 6.41 Å². The third-order valence-corrected chi connectivity index (χ3v) is 4.20. The van der Waals surface area contributed by atoms with Crippen molar-refractivity contribution in [1.29, 1.82) is 0 Å². The van der Waals surface area contributed by atoms with Crippen LogP contribution in [0.3, 0.4) is 0 Å². The van der Waals surface area contributed by atoms with Gasteiger partial charge >= 0.3 is 0 Å². The first kappa shape index (κ1) is 17.5. The van der Waals surface area contributed by atoms with E-state index in [1.54, 1.807) is 35.2 Å². The Kier molecular flexibility index (Phi) is 5.21. The quantitative estimate of drug-likeness (QED) is 0.641. The molecule has 134 valence electrons. The number of amides is 2. The number of nitrogens with zero attached hydrogens (tertiary/aromatic N) is 4. The first-order valence-corrected chi connectivity index (χ1v) is 8.25. The van der Waals surface area contributed by atoms with Crippen molar-refractivity contribution in [1.82, 2.24) is 14.9 Å². The Balaban J connectivity index is 1.71. The van der Waals surface area contributed by atoms with Gasteiger partial charge in [-0.3, -0.25) is 14.4 Å². The molecule has 0 saturated carbocycles. The van der Waals surface area contributed by atoms with Crippen LogP contribution in [0.25, 0.3) is 0 Å². The smallest absolute Gasteiger partial charge is 0.274 e. The summed E-state index contributed by atoms with van der Waals surface area (Å²) in [7, 11) is 0. The highest BCUT2D eigenvalue weighted by Crippen LogP contribution is 2.16. The number of hydrogen-bond acceptors (Lipinski definition) is 6. The number of aromatic nitrogens is 2. The van der Waals surface area contributed by atoms with Gasteiger partial charge in [0, 0.05) is 43.5 Å². The van der Waals surface area contributed by atoms with Crippen LogP contribution >= 0.6 is 0 Å². The van der Waals surface area contributed by atoms with Crippen LogP contribution in [0.1, 0.15) is 27.8 Å². The van der Waals surface area contributed by atoms with Crippen molar-refractivity contribution in [3.05, 3.63) is 47.9 Å². The van der Waals surface area contributed by atoms with Gasteiger partial charge in [-0.05, 0) is 19.1 Å². The van der Waals surface area contributed by atoms with E-state index in [0.717, 1.165) is 6.41 Å². The normalized spacial score (nSPS) is 14.0. The fourth-order valence-corrected chi connectivity index (χ4v) is 2.71. The number of carbonyl (C=O) groups is 3. The molecule has 0 aliphatic carbocycles. The molecule has 0 spiro atoms. The van der Waals surface area contributed by atoms with E-state index in [1.807, 2.05) is 4.90 Å². The molecule has 2 amide bonds. The molecular weight excluding hydrogens is 334 g/mol. The SMILES string of the molecule is CC(=O)c1cccc(NC(=O)c2cc(N3CCN(C=O)CC3)ncn2)c1. The highest BCUT2D eigenvalue weighted by Gasteiger charge is 2.18. The van der Waals surface area contributed by atoms with Crippen LogP contribution < -0.4 is 10.2 Å². The summed E-state index contributed by atoms with van der Waals surface area (Å²) < 4.78 is 0. The third-order valence-electron chi connectivity index (χ3n) is 4.20. The number of Topliss-reactive ketones (excluding diaryl/α,β-unsaturated/α-hetero) is 1. The molecular formula is C18H19N5O3. The highest BCUT2D eigenvalue weighted by molar-refractivity contribution is 6.04. The van der Waals surface area contributed by atoms with E-state index in [4.69, 9.17) is 0 Å². The van der Waals surface area contributed by atoms with Gasteiger partial charge in [0.1, 0.15) is 17.8 Å². The molecule has 1 aliphatic rings. The number of carbonyl (C=O) groups excluding carboxylic acids is 3. The number of nitrogens with one attached hydrogen (secondary N) is 1. The van der Waals surface area contributed by atoms with Crippen molar-refractivity contribution < 1.29 is 14.4 Å². The predicted octanol–water partition coefficient (Wildman–Crippen LogP) is 1.21. The van der Waals surface area contributed by atoms with Crippen LogP contribution in [-0.2, 0) is 4.79 Å². The van der Waals surface area contributed by atoms with Gasteiger partial charge < -0.3 is 15.1 Å². The summed E-state index contributed by atoms with van der Waals surface area (Å²) in [6.07, 6.45) is 2.19. The molecule has 2 aromatic rings. The van der Waals surface area contributed by atoms with Gasteiger partial charge in [0.15, 0.2) is 5.78 Å². The number of anilines is 2. The standard InChI is InChI=1S/C18H19N5O3/c1-13(25)14-3-2-4-15(9-14)21-18(26)16-10-17(20-11-19-16)23-7-5-22(12-24)6-8-23/h2-4,9-12H,5-8H2,1H3,(H,21,26). The molecule has 0 bridgehead atoms. The Bertz CT molecular complexity index is 831. The van der Waals surface area contributed by atoms with Crippen LogP contribution in [0.5, 0.6) is 0 Å². The fourth-order valence-electron chi connectivity index (χ4n) is 2.71. The molecule has 0 unspecified atom stereocenters. The Morgan fingerprint density at radius 3 is 2.58 bits per heavy atom. The van der Waals surface area contributed by atoms with Crippen LogP contribution in [0.2, 0.25) is 0 Å². The number of ketones is 1. The van der Waals surface area contributed by atoms with Crippen LogP contribution in [0.15, 0.2) is 36.7 Å². The van der Waals surface area contributed by atoms with E-state index < -0.39 is 0 Å². The Morgan fingerprint density at radius 1 is 1.12 bits per heavy atom. The lowest BCUT2D eigenvalue weighted by molar-refractivity contribution is -0.118. The summed E-state index contributed by atoms with van der Waals surface area (Å²) in [5, 5.41) is 2.75. The second kappa shape index (κ2) is 7.73. The zero-order valence-corrected chi connectivity index (χ0v) is 14.4. The van der Waals surface area contributed by atoms with E-state index in [-0.39, 0.29) is 17.4 Å². The number of hydrogen-bond donors (Lipinski definition) is 1. The molecule has 1 aromatic heterocycles. The third kappa shape index (κ3) is 4.02. The minimum absolute atomic E-state index is 0.0695. The van der Waals surface area contributed by atoms with Crippen molar-refractivity contribution in [3.8, 4) is 0 Å². The maximum absolute atomic E-state index is 12.5. The lowest BCUT2D eigenvalue weighted by atomic mass is 10.1. The Morgan fingerprint density at radius 2 is 1.88 bits per heavy atom. The van der Waals surface area contributed by atoms with E-state index >= 15 is 0 Å². The molecule has 1 fully saturated rings. The van der Waals surface area contributed by atoms with Crippen LogP contribution in [0.4, 0.5) is 11.5 Å². The van der Waals surface area contributed by atoms with Gasteiger partial charge in [-0.25, -0.2) is 9.97 Å². The molecule has 0 atom stereocenters. The summed E-state index contributed by atoms with van der Waals surface area (Å²) in [5.41, 5.74) is 1.29. The van der Waals surface area contributed by atoms with Crippen LogP contribution in [0, 0.1) is 0 Å². The molecule has 3 rings (SSSR count). The number of piperazine rings is 1. The van der Waals surface area contributed by atoms with E-state index in [9.17, 15) is 14.4 Å². The Hall–Kier alpha value is -3.29. The maximum Gasteiger partial charge on any atom is 0.274 e. The molecule has 8 nitrogen and oxygen atoms in total. The summed E-state index contributed by atoms with van der Waals surface area (Å²) in [5.74, 6) is 0.203. The minimum Gasteiger partial charge on any atom is -0.353 e. The van der Waals surface area contributed by atoms with Crippen molar-refractivity contribution in [3.63, 3.8) is 0 Å². The first-order valence-electron chi connectivity index (χ1n) is 8.25. The molecule has 8 heteroatoms. The zero-order chi connectivity index (χ0) is 18.5. The first-order chi connectivity index (χ1) is 12.6. The molecule has 0 radical (unpaired) electrons. The summed E-state index contributed by atoms with van der Waals surface area (Å²) in [4.78, 5) is 46.7. The molecule has 1 N–H and O–H groups in total. The molecule has 1 aliphatic heterocycles. The second-order valence-corrected chi connectivity index (χ2v) is 5.98. The van der Waals surface area contributed by atoms with Gasteiger partial charge in [-0.15, -0.1) is 0 Å². The Labute approximate surface area is 150 Å². The lowest BCUT2D eigenvalue weighted by Gasteiger charge is -2.33.